The topological polar surface area (TPSA) is 26.3 Å². The third kappa shape index (κ3) is 3.02. The van der Waals surface area contributed by atoms with Gasteiger partial charge in [-0.1, -0.05) is 22.0 Å². The number of alkyl halides is 1. The number of carbonyl (C=O) groups is 1. The highest BCUT2D eigenvalue weighted by Crippen LogP contribution is 2.18. The van der Waals surface area contributed by atoms with Crippen LogP contribution in [-0.2, 0) is 21.3 Å². The van der Waals surface area contributed by atoms with Gasteiger partial charge in [-0.15, -0.1) is 0 Å². The van der Waals surface area contributed by atoms with E-state index in [0.29, 0.717) is 16.5 Å². The minimum atomic E-state index is -0.357. The Morgan fingerprint density at radius 3 is 2.67 bits per heavy atom. The van der Waals surface area contributed by atoms with Crippen molar-refractivity contribution in [2.45, 2.75) is 18.7 Å². The van der Waals surface area contributed by atoms with Crippen LogP contribution in [0.1, 0.15) is 16.7 Å². The molecule has 0 atom stereocenters. The normalized spacial score (nSPS) is 10.1. The van der Waals surface area contributed by atoms with E-state index in [-0.39, 0.29) is 18.2 Å². The van der Waals surface area contributed by atoms with E-state index in [1.54, 1.807) is 6.07 Å². The quantitative estimate of drug-likeness (QED) is 0.626. The highest BCUT2D eigenvalue weighted by molar-refractivity contribution is 9.08. The summed E-state index contributed by atoms with van der Waals surface area (Å²) < 4.78 is 17.9. The second kappa shape index (κ2) is 5.26. The van der Waals surface area contributed by atoms with Crippen molar-refractivity contribution in [1.29, 1.82) is 0 Å². The number of halogens is 2. The maximum absolute atomic E-state index is 13.4. The number of carbonyl (C=O) groups excluding carboxylic acids is 1. The van der Waals surface area contributed by atoms with E-state index in [2.05, 4.69) is 20.7 Å². The van der Waals surface area contributed by atoms with Crippen molar-refractivity contribution in [3.63, 3.8) is 0 Å². The second-order valence-corrected chi connectivity index (χ2v) is 3.82. The van der Waals surface area contributed by atoms with Gasteiger partial charge in [0.15, 0.2) is 0 Å². The average molecular weight is 275 g/mol. The van der Waals surface area contributed by atoms with Crippen LogP contribution in [0.2, 0.25) is 0 Å². The number of rotatable bonds is 3. The van der Waals surface area contributed by atoms with Gasteiger partial charge in [0.2, 0.25) is 0 Å². The van der Waals surface area contributed by atoms with Crippen molar-refractivity contribution >= 4 is 21.9 Å². The van der Waals surface area contributed by atoms with E-state index in [1.807, 2.05) is 6.92 Å². The van der Waals surface area contributed by atoms with Crippen LogP contribution in [-0.4, -0.2) is 13.1 Å². The van der Waals surface area contributed by atoms with Crippen molar-refractivity contribution in [2.75, 3.05) is 7.11 Å². The Morgan fingerprint density at radius 1 is 1.47 bits per heavy atom. The van der Waals surface area contributed by atoms with Gasteiger partial charge >= 0.3 is 5.97 Å². The molecule has 0 saturated carbocycles. The van der Waals surface area contributed by atoms with Gasteiger partial charge in [0.25, 0.3) is 0 Å². The van der Waals surface area contributed by atoms with Gasteiger partial charge in [-0.3, -0.25) is 4.79 Å². The maximum atomic E-state index is 13.4. The third-order valence-electron chi connectivity index (χ3n) is 2.21. The molecule has 2 nitrogen and oxygen atoms in total. The first-order chi connectivity index (χ1) is 7.08. The largest absolute Gasteiger partial charge is 0.469 e. The molecule has 0 aliphatic carbocycles. The number of benzene rings is 1. The summed E-state index contributed by atoms with van der Waals surface area (Å²) in [5.41, 5.74) is 2.17. The number of hydrogen-bond acceptors (Lipinski definition) is 2. The lowest BCUT2D eigenvalue weighted by atomic mass is 10.0. The lowest BCUT2D eigenvalue weighted by Gasteiger charge is -2.07. The predicted octanol–water partition coefficient (Wildman–Crippen LogP) is 2.74. The smallest absolute Gasteiger partial charge is 0.309 e. The molecule has 0 aliphatic heterocycles. The van der Waals surface area contributed by atoms with Crippen molar-refractivity contribution in [1.82, 2.24) is 0 Å². The summed E-state index contributed by atoms with van der Waals surface area (Å²) >= 11 is 3.20. The summed E-state index contributed by atoms with van der Waals surface area (Å²) in [4.78, 5) is 11.0. The number of esters is 1. The molecular formula is C11H12BrFO2. The Hall–Kier alpha value is -0.900. The van der Waals surface area contributed by atoms with Crippen LogP contribution >= 0.6 is 15.9 Å². The van der Waals surface area contributed by atoms with Crippen LogP contribution in [0.15, 0.2) is 12.1 Å². The first-order valence-corrected chi connectivity index (χ1v) is 5.61. The molecule has 0 radical (unpaired) electrons. The lowest BCUT2D eigenvalue weighted by molar-refractivity contribution is -0.139. The molecule has 15 heavy (non-hydrogen) atoms. The zero-order valence-electron chi connectivity index (χ0n) is 8.64. The molecule has 1 rings (SSSR count). The fourth-order valence-electron chi connectivity index (χ4n) is 1.30. The van der Waals surface area contributed by atoms with Crippen LogP contribution in [0, 0.1) is 12.7 Å². The molecule has 0 bridgehead atoms. The molecule has 0 heterocycles. The van der Waals surface area contributed by atoms with E-state index in [1.165, 1.54) is 13.2 Å². The SMILES string of the molecule is COC(=O)Cc1cc(F)c(CBr)cc1C. The molecule has 0 aliphatic rings. The van der Waals surface area contributed by atoms with E-state index in [0.717, 1.165) is 5.56 Å². The highest BCUT2D eigenvalue weighted by atomic mass is 79.9. The van der Waals surface area contributed by atoms with Crippen LogP contribution in [0.5, 0.6) is 0 Å². The molecule has 0 spiro atoms. The van der Waals surface area contributed by atoms with Crippen molar-refractivity contribution in [2.24, 2.45) is 0 Å². The van der Waals surface area contributed by atoms with Crippen LogP contribution in [0.25, 0.3) is 0 Å². The fourth-order valence-corrected chi connectivity index (χ4v) is 1.73. The first kappa shape index (κ1) is 12.2. The number of methoxy groups -OCH3 is 1. The zero-order chi connectivity index (χ0) is 11.4. The molecule has 4 heteroatoms. The van der Waals surface area contributed by atoms with E-state index in [9.17, 15) is 9.18 Å². The predicted molar refractivity (Wildman–Crippen MR) is 59.5 cm³/mol. The summed E-state index contributed by atoms with van der Waals surface area (Å²) in [5, 5.41) is 0.470. The van der Waals surface area contributed by atoms with Gasteiger partial charge in [-0.25, -0.2) is 4.39 Å². The minimum Gasteiger partial charge on any atom is -0.469 e. The van der Waals surface area contributed by atoms with E-state index < -0.39 is 0 Å². The molecule has 0 unspecified atom stereocenters. The Balaban J connectivity index is 3.00. The first-order valence-electron chi connectivity index (χ1n) is 4.49. The molecule has 82 valence electrons. The summed E-state index contributed by atoms with van der Waals surface area (Å²) in [7, 11) is 1.32. The van der Waals surface area contributed by atoms with Crippen molar-refractivity contribution < 1.29 is 13.9 Å². The number of ether oxygens (including phenoxy) is 1. The molecule has 0 amide bonds. The molecule has 1 aromatic carbocycles. The van der Waals surface area contributed by atoms with Crippen LogP contribution in [0.4, 0.5) is 4.39 Å². The summed E-state index contributed by atoms with van der Waals surface area (Å²) in [6, 6.07) is 3.13. The Labute approximate surface area is 96.6 Å². The summed E-state index contributed by atoms with van der Waals surface area (Å²) in [6.45, 7) is 1.85. The van der Waals surface area contributed by atoms with Crippen molar-refractivity contribution in [3.8, 4) is 0 Å². The Morgan fingerprint density at radius 2 is 2.13 bits per heavy atom. The van der Waals surface area contributed by atoms with Gasteiger partial charge in [0.1, 0.15) is 5.82 Å². The molecule has 0 fully saturated rings. The van der Waals surface area contributed by atoms with E-state index >= 15 is 0 Å². The molecule has 0 aromatic heterocycles. The average Bonchev–Trinajstić information content (AvgIpc) is 2.22. The Kier molecular flexibility index (Phi) is 4.27. The van der Waals surface area contributed by atoms with Gasteiger partial charge in [0.05, 0.1) is 13.5 Å². The Bertz CT molecular complexity index is 377. The number of aryl methyl sites for hydroxylation is 1. The maximum Gasteiger partial charge on any atom is 0.309 e. The van der Waals surface area contributed by atoms with Crippen LogP contribution in [0.3, 0.4) is 0 Å². The molecule has 1 aromatic rings. The monoisotopic (exact) mass is 274 g/mol. The zero-order valence-corrected chi connectivity index (χ0v) is 10.2. The van der Waals surface area contributed by atoms with E-state index in [4.69, 9.17) is 0 Å². The standard InChI is InChI=1S/C11H12BrFO2/c1-7-3-9(6-12)10(13)4-8(7)5-11(14)15-2/h3-4H,5-6H2,1-2H3. The highest BCUT2D eigenvalue weighted by Gasteiger charge is 2.10. The summed E-state index contributed by atoms with van der Waals surface area (Å²) in [6.07, 6.45) is 0.113. The lowest BCUT2D eigenvalue weighted by Crippen LogP contribution is -2.06. The third-order valence-corrected chi connectivity index (χ3v) is 2.82. The van der Waals surface area contributed by atoms with Crippen molar-refractivity contribution in [3.05, 3.63) is 34.6 Å². The number of hydrogen-bond donors (Lipinski definition) is 0. The van der Waals surface area contributed by atoms with Gasteiger partial charge in [0, 0.05) is 5.33 Å². The molecular weight excluding hydrogens is 263 g/mol. The molecule has 0 saturated heterocycles. The minimum absolute atomic E-state index is 0.113. The van der Waals surface area contributed by atoms with Gasteiger partial charge < -0.3 is 4.74 Å². The molecule has 0 N–H and O–H groups in total. The summed E-state index contributed by atoms with van der Waals surface area (Å²) in [5.74, 6) is -0.652. The van der Waals surface area contributed by atoms with Gasteiger partial charge in [-0.05, 0) is 29.7 Å². The fraction of sp³-hybridized carbons (Fsp3) is 0.364. The van der Waals surface area contributed by atoms with Gasteiger partial charge in [-0.2, -0.15) is 0 Å². The van der Waals surface area contributed by atoms with Crippen LogP contribution < -0.4 is 0 Å². The second-order valence-electron chi connectivity index (χ2n) is 3.26.